The van der Waals surface area contributed by atoms with Crippen molar-refractivity contribution < 1.29 is 19.5 Å². The van der Waals surface area contributed by atoms with Crippen molar-refractivity contribution in [3.8, 4) is 0 Å². The fourth-order valence-corrected chi connectivity index (χ4v) is 2.86. The molecular weight excluding hydrogens is 248 g/mol. The van der Waals surface area contributed by atoms with Gasteiger partial charge in [-0.15, -0.1) is 0 Å². The summed E-state index contributed by atoms with van der Waals surface area (Å²) in [6.45, 7) is 0. The molecule has 1 saturated heterocycles. The molecule has 2 amide bonds. The van der Waals surface area contributed by atoms with Crippen LogP contribution in [0.25, 0.3) is 0 Å². The van der Waals surface area contributed by atoms with E-state index in [1.165, 1.54) is 0 Å². The van der Waals surface area contributed by atoms with Crippen LogP contribution in [-0.4, -0.2) is 34.5 Å². The van der Waals surface area contributed by atoms with Gasteiger partial charge in [0.15, 0.2) is 0 Å². The van der Waals surface area contributed by atoms with Crippen molar-refractivity contribution in [1.82, 2.24) is 10.6 Å². The highest BCUT2D eigenvalue weighted by Crippen LogP contribution is 2.28. The van der Waals surface area contributed by atoms with Crippen molar-refractivity contribution in [2.24, 2.45) is 0 Å². The second kappa shape index (κ2) is 5.59. The first-order chi connectivity index (χ1) is 9.03. The zero-order valence-corrected chi connectivity index (χ0v) is 10.9. The molecule has 2 rings (SSSR count). The number of carboxylic acid groups (broad SMARTS) is 1. The average molecular weight is 268 g/mol. The molecule has 0 radical (unpaired) electrons. The third-order valence-electron chi connectivity index (χ3n) is 4.04. The summed E-state index contributed by atoms with van der Waals surface area (Å²) >= 11 is 0. The summed E-state index contributed by atoms with van der Waals surface area (Å²) in [5.74, 6) is -1.48. The molecule has 6 heteroatoms. The normalized spacial score (nSPS) is 26.3. The van der Waals surface area contributed by atoms with Crippen LogP contribution < -0.4 is 10.6 Å². The van der Waals surface area contributed by atoms with Crippen molar-refractivity contribution in [3.05, 3.63) is 0 Å². The van der Waals surface area contributed by atoms with Crippen LogP contribution in [-0.2, 0) is 14.4 Å². The highest BCUT2D eigenvalue weighted by atomic mass is 16.4. The van der Waals surface area contributed by atoms with Gasteiger partial charge in [-0.2, -0.15) is 0 Å². The van der Waals surface area contributed by atoms with Crippen molar-refractivity contribution in [1.29, 1.82) is 0 Å². The lowest BCUT2D eigenvalue weighted by Crippen LogP contribution is -2.58. The van der Waals surface area contributed by atoms with Crippen LogP contribution in [0.15, 0.2) is 0 Å². The second-order valence-electron chi connectivity index (χ2n) is 5.45. The Labute approximate surface area is 111 Å². The SMILES string of the molecule is O=C1CC[C@@H](C(=O)NC2(C(=O)O)CCCCCC2)N1. The Bertz CT molecular complexity index is 386. The predicted octanol–water partition coefficient (Wildman–Crippen LogP) is 0.559. The van der Waals surface area contributed by atoms with Crippen molar-refractivity contribution in [2.45, 2.75) is 62.9 Å². The zero-order chi connectivity index (χ0) is 13.9. The Hall–Kier alpha value is -1.59. The summed E-state index contributed by atoms with van der Waals surface area (Å²) in [6, 6.07) is -0.577. The lowest BCUT2D eigenvalue weighted by molar-refractivity contribution is -0.148. The predicted molar refractivity (Wildman–Crippen MR) is 67.4 cm³/mol. The molecule has 2 aliphatic rings. The molecule has 0 aromatic heterocycles. The third-order valence-corrected chi connectivity index (χ3v) is 4.04. The maximum absolute atomic E-state index is 12.1. The van der Waals surface area contributed by atoms with E-state index >= 15 is 0 Å². The standard InChI is InChI=1S/C13H20N2O4/c16-10-6-5-9(14-10)11(17)15-13(12(18)19)7-3-1-2-4-8-13/h9H,1-8H2,(H,14,16)(H,15,17)(H,18,19)/t9-/m0/s1. The third kappa shape index (κ3) is 3.05. The molecule has 3 N–H and O–H groups in total. The molecule has 0 aromatic rings. The fraction of sp³-hybridized carbons (Fsp3) is 0.769. The van der Waals surface area contributed by atoms with Gasteiger partial charge in [0, 0.05) is 6.42 Å². The number of rotatable bonds is 3. The van der Waals surface area contributed by atoms with E-state index in [9.17, 15) is 19.5 Å². The Morgan fingerprint density at radius 2 is 1.84 bits per heavy atom. The van der Waals surface area contributed by atoms with E-state index < -0.39 is 17.6 Å². The molecular formula is C13H20N2O4. The van der Waals surface area contributed by atoms with E-state index in [2.05, 4.69) is 10.6 Å². The van der Waals surface area contributed by atoms with Crippen LogP contribution in [0.1, 0.15) is 51.4 Å². The highest BCUT2D eigenvalue weighted by molar-refractivity contribution is 5.94. The van der Waals surface area contributed by atoms with E-state index in [4.69, 9.17) is 0 Å². The minimum atomic E-state index is -1.15. The first kappa shape index (κ1) is 13.8. The van der Waals surface area contributed by atoms with Gasteiger partial charge in [-0.25, -0.2) is 4.79 Å². The lowest BCUT2D eigenvalue weighted by atomic mass is 9.89. The van der Waals surface area contributed by atoms with Crippen molar-refractivity contribution >= 4 is 17.8 Å². The van der Waals surface area contributed by atoms with Gasteiger partial charge in [0.05, 0.1) is 0 Å². The number of carboxylic acids is 1. The summed E-state index contributed by atoms with van der Waals surface area (Å²) in [5.41, 5.74) is -1.15. The maximum Gasteiger partial charge on any atom is 0.329 e. The highest BCUT2D eigenvalue weighted by Gasteiger charge is 2.42. The minimum Gasteiger partial charge on any atom is -0.480 e. The molecule has 1 atom stereocenters. The Morgan fingerprint density at radius 1 is 1.21 bits per heavy atom. The maximum atomic E-state index is 12.1. The fourth-order valence-electron chi connectivity index (χ4n) is 2.86. The van der Waals surface area contributed by atoms with Crippen molar-refractivity contribution in [3.63, 3.8) is 0 Å². The first-order valence-corrected chi connectivity index (χ1v) is 6.88. The Kier molecular flexibility index (Phi) is 4.07. The number of carbonyl (C=O) groups is 3. The number of aliphatic carboxylic acids is 1. The Morgan fingerprint density at radius 3 is 2.32 bits per heavy atom. The van der Waals surface area contributed by atoms with Crippen LogP contribution in [0.4, 0.5) is 0 Å². The molecule has 106 valence electrons. The zero-order valence-electron chi connectivity index (χ0n) is 10.9. The van der Waals surface area contributed by atoms with Gasteiger partial charge in [-0.05, 0) is 19.3 Å². The van der Waals surface area contributed by atoms with E-state index in [-0.39, 0.29) is 11.8 Å². The average Bonchev–Trinajstić information content (AvgIpc) is 2.65. The molecule has 6 nitrogen and oxygen atoms in total. The van der Waals surface area contributed by atoms with E-state index in [0.29, 0.717) is 25.7 Å². The Balaban J connectivity index is 2.05. The van der Waals surface area contributed by atoms with Gasteiger partial charge < -0.3 is 15.7 Å². The van der Waals surface area contributed by atoms with Crippen LogP contribution >= 0.6 is 0 Å². The van der Waals surface area contributed by atoms with E-state index in [1.54, 1.807) is 0 Å². The topological polar surface area (TPSA) is 95.5 Å². The van der Waals surface area contributed by atoms with Gasteiger partial charge in [0.2, 0.25) is 11.8 Å². The van der Waals surface area contributed by atoms with Gasteiger partial charge >= 0.3 is 5.97 Å². The molecule has 1 aliphatic carbocycles. The van der Waals surface area contributed by atoms with Gasteiger partial charge in [-0.1, -0.05) is 25.7 Å². The van der Waals surface area contributed by atoms with Gasteiger partial charge in [0.1, 0.15) is 11.6 Å². The molecule has 0 bridgehead atoms. The summed E-state index contributed by atoms with van der Waals surface area (Å²) < 4.78 is 0. The van der Waals surface area contributed by atoms with Crippen molar-refractivity contribution in [2.75, 3.05) is 0 Å². The molecule has 2 fully saturated rings. The number of hydrogen-bond acceptors (Lipinski definition) is 3. The second-order valence-corrected chi connectivity index (χ2v) is 5.45. The summed E-state index contributed by atoms with van der Waals surface area (Å²) in [6.07, 6.45) is 5.34. The monoisotopic (exact) mass is 268 g/mol. The van der Waals surface area contributed by atoms with Gasteiger partial charge in [0.25, 0.3) is 0 Å². The summed E-state index contributed by atoms with van der Waals surface area (Å²) in [7, 11) is 0. The molecule has 1 heterocycles. The molecule has 0 aromatic carbocycles. The number of nitrogens with one attached hydrogen (secondary N) is 2. The molecule has 19 heavy (non-hydrogen) atoms. The first-order valence-electron chi connectivity index (χ1n) is 6.88. The number of hydrogen-bond donors (Lipinski definition) is 3. The molecule has 0 unspecified atom stereocenters. The number of amides is 2. The molecule has 0 spiro atoms. The smallest absolute Gasteiger partial charge is 0.329 e. The quantitative estimate of drug-likeness (QED) is 0.652. The largest absolute Gasteiger partial charge is 0.480 e. The van der Waals surface area contributed by atoms with Crippen LogP contribution in [0.5, 0.6) is 0 Å². The van der Waals surface area contributed by atoms with E-state index in [1.807, 2.05) is 0 Å². The minimum absolute atomic E-state index is 0.148. The summed E-state index contributed by atoms with van der Waals surface area (Å²) in [5, 5.41) is 14.7. The lowest BCUT2D eigenvalue weighted by Gasteiger charge is -2.30. The van der Waals surface area contributed by atoms with Gasteiger partial charge in [-0.3, -0.25) is 9.59 Å². The van der Waals surface area contributed by atoms with Crippen LogP contribution in [0.2, 0.25) is 0 Å². The van der Waals surface area contributed by atoms with E-state index in [0.717, 1.165) is 25.7 Å². The van der Waals surface area contributed by atoms with Crippen LogP contribution in [0.3, 0.4) is 0 Å². The number of carbonyl (C=O) groups excluding carboxylic acids is 2. The van der Waals surface area contributed by atoms with Crippen LogP contribution in [0, 0.1) is 0 Å². The molecule has 1 aliphatic heterocycles. The molecule has 1 saturated carbocycles. The summed E-state index contributed by atoms with van der Waals surface area (Å²) in [4.78, 5) is 34.7.